The Hall–Kier alpha value is -0.290. The number of methoxy groups -OCH3 is 1. The monoisotopic (exact) mass is 339 g/mol. The van der Waals surface area contributed by atoms with Gasteiger partial charge in [0.1, 0.15) is 0 Å². The molecule has 0 radical (unpaired) electrons. The van der Waals surface area contributed by atoms with Crippen LogP contribution in [0.3, 0.4) is 0 Å². The van der Waals surface area contributed by atoms with Gasteiger partial charge in [0.05, 0.1) is 22.0 Å². The average molecular weight is 341 g/mol. The van der Waals surface area contributed by atoms with Gasteiger partial charge in [0.15, 0.2) is 0 Å². The number of rotatable bonds is 5. The largest absolute Gasteiger partial charge is 0.383 e. The fourth-order valence-corrected chi connectivity index (χ4v) is 2.13. The van der Waals surface area contributed by atoms with Crippen LogP contribution in [0.2, 0.25) is 10.0 Å². The molecule has 0 saturated heterocycles. The van der Waals surface area contributed by atoms with Gasteiger partial charge >= 0.3 is 0 Å². The van der Waals surface area contributed by atoms with Crippen molar-refractivity contribution in [3.05, 3.63) is 33.8 Å². The molecule has 1 atom stereocenters. The molecular weight excluding hydrogens is 329 g/mol. The van der Waals surface area contributed by atoms with E-state index in [2.05, 4.69) is 21.2 Å². The minimum absolute atomic E-state index is 0.0718. The molecule has 1 amide bonds. The van der Waals surface area contributed by atoms with Crippen LogP contribution < -0.4 is 5.32 Å². The molecule has 1 N–H and O–H groups in total. The molecule has 1 aromatic rings. The van der Waals surface area contributed by atoms with E-state index in [1.54, 1.807) is 25.3 Å². The zero-order chi connectivity index (χ0) is 12.8. The molecule has 1 rings (SSSR count). The normalized spacial score (nSPS) is 12.2. The molecule has 1 aromatic carbocycles. The molecule has 6 heteroatoms. The van der Waals surface area contributed by atoms with Crippen LogP contribution in [-0.4, -0.2) is 31.0 Å². The van der Waals surface area contributed by atoms with Gasteiger partial charge in [-0.3, -0.25) is 4.79 Å². The van der Waals surface area contributed by atoms with Crippen LogP contribution >= 0.6 is 39.1 Å². The summed E-state index contributed by atoms with van der Waals surface area (Å²) >= 11 is 15.0. The molecule has 3 nitrogen and oxygen atoms in total. The zero-order valence-electron chi connectivity index (χ0n) is 9.17. The standard InChI is InChI=1S/C11H12BrCl2NO2/c1-17-6-7(12)5-15-11(16)9-3-2-8(13)4-10(9)14/h2-4,7H,5-6H2,1H3,(H,15,16). The first-order chi connectivity index (χ1) is 8.04. The number of hydrogen-bond acceptors (Lipinski definition) is 2. The molecule has 0 heterocycles. The highest BCUT2D eigenvalue weighted by Gasteiger charge is 2.12. The van der Waals surface area contributed by atoms with Crippen molar-refractivity contribution in [1.82, 2.24) is 5.32 Å². The number of alkyl halides is 1. The van der Waals surface area contributed by atoms with E-state index in [9.17, 15) is 4.79 Å². The Kier molecular flexibility index (Phi) is 6.27. The second kappa shape index (κ2) is 7.21. The topological polar surface area (TPSA) is 38.3 Å². The fourth-order valence-electron chi connectivity index (χ4n) is 1.21. The Morgan fingerprint density at radius 2 is 2.24 bits per heavy atom. The number of ether oxygens (including phenoxy) is 1. The minimum Gasteiger partial charge on any atom is -0.383 e. The maximum Gasteiger partial charge on any atom is 0.252 e. The number of nitrogens with one attached hydrogen (secondary N) is 1. The maximum atomic E-state index is 11.8. The summed E-state index contributed by atoms with van der Waals surface area (Å²) in [6, 6.07) is 4.77. The molecule has 17 heavy (non-hydrogen) atoms. The molecular formula is C11H12BrCl2NO2. The number of halogens is 3. The second-order valence-electron chi connectivity index (χ2n) is 3.39. The molecule has 0 aliphatic heterocycles. The Balaban J connectivity index is 2.58. The summed E-state index contributed by atoms with van der Waals surface area (Å²) in [5.74, 6) is -0.229. The van der Waals surface area contributed by atoms with Gasteiger partial charge < -0.3 is 10.1 Å². The molecule has 1 unspecified atom stereocenters. The van der Waals surface area contributed by atoms with Crippen molar-refractivity contribution in [2.75, 3.05) is 20.3 Å². The summed E-state index contributed by atoms with van der Waals surface area (Å²) < 4.78 is 4.94. The number of carbonyl (C=O) groups excluding carboxylic acids is 1. The lowest BCUT2D eigenvalue weighted by Gasteiger charge is -2.11. The first-order valence-electron chi connectivity index (χ1n) is 4.91. The third kappa shape index (κ3) is 4.84. The van der Waals surface area contributed by atoms with Crippen molar-refractivity contribution >= 4 is 45.0 Å². The quantitative estimate of drug-likeness (QED) is 0.836. The number of benzene rings is 1. The zero-order valence-corrected chi connectivity index (χ0v) is 12.3. The molecule has 0 spiro atoms. The Morgan fingerprint density at radius 1 is 1.53 bits per heavy atom. The average Bonchev–Trinajstić information content (AvgIpc) is 2.26. The van der Waals surface area contributed by atoms with Crippen molar-refractivity contribution in [2.45, 2.75) is 4.83 Å². The van der Waals surface area contributed by atoms with E-state index in [-0.39, 0.29) is 10.7 Å². The van der Waals surface area contributed by atoms with Crippen LogP contribution in [0.25, 0.3) is 0 Å². The summed E-state index contributed by atoms with van der Waals surface area (Å²) in [6.07, 6.45) is 0. The van der Waals surface area contributed by atoms with Crippen molar-refractivity contribution in [2.24, 2.45) is 0 Å². The molecule has 0 saturated carbocycles. The Bertz CT molecular complexity index is 401. The number of carbonyl (C=O) groups is 1. The van der Waals surface area contributed by atoms with Gasteiger partial charge in [0, 0.05) is 18.7 Å². The number of hydrogen-bond donors (Lipinski definition) is 1. The predicted octanol–water partition coefficient (Wildman–Crippen LogP) is 3.13. The van der Waals surface area contributed by atoms with E-state index in [0.717, 1.165) is 0 Å². The first-order valence-corrected chi connectivity index (χ1v) is 6.58. The summed E-state index contributed by atoms with van der Waals surface area (Å²) in [6.45, 7) is 0.986. The van der Waals surface area contributed by atoms with Crippen LogP contribution in [0.15, 0.2) is 18.2 Å². The van der Waals surface area contributed by atoms with Crippen LogP contribution in [-0.2, 0) is 4.74 Å². The van der Waals surface area contributed by atoms with Gasteiger partial charge in [0.2, 0.25) is 0 Å². The third-order valence-corrected chi connectivity index (χ3v) is 3.14. The predicted molar refractivity (Wildman–Crippen MR) is 73.4 cm³/mol. The van der Waals surface area contributed by atoms with Gasteiger partial charge in [-0.1, -0.05) is 39.1 Å². The molecule has 0 aliphatic rings. The van der Waals surface area contributed by atoms with Crippen LogP contribution in [0.1, 0.15) is 10.4 Å². The Morgan fingerprint density at radius 3 is 2.82 bits per heavy atom. The van der Waals surface area contributed by atoms with Crippen molar-refractivity contribution in [3.8, 4) is 0 Å². The van der Waals surface area contributed by atoms with E-state index >= 15 is 0 Å². The summed E-state index contributed by atoms with van der Waals surface area (Å²) in [4.78, 5) is 11.9. The van der Waals surface area contributed by atoms with E-state index in [1.807, 2.05) is 0 Å². The molecule has 0 fully saturated rings. The highest BCUT2D eigenvalue weighted by Crippen LogP contribution is 2.20. The maximum absolute atomic E-state index is 11.8. The molecule has 94 valence electrons. The lowest BCUT2D eigenvalue weighted by Crippen LogP contribution is -2.31. The van der Waals surface area contributed by atoms with Gasteiger partial charge in [0.25, 0.3) is 5.91 Å². The van der Waals surface area contributed by atoms with Crippen molar-refractivity contribution < 1.29 is 9.53 Å². The van der Waals surface area contributed by atoms with Gasteiger partial charge in [-0.2, -0.15) is 0 Å². The molecule has 0 aliphatic carbocycles. The molecule has 0 bridgehead atoms. The number of amides is 1. The van der Waals surface area contributed by atoms with Crippen LogP contribution in [0.5, 0.6) is 0 Å². The molecule has 0 aromatic heterocycles. The SMILES string of the molecule is COCC(Br)CNC(=O)c1ccc(Cl)cc1Cl. The van der Waals surface area contributed by atoms with Gasteiger partial charge in [-0.15, -0.1) is 0 Å². The Labute approximate surface area is 119 Å². The lowest BCUT2D eigenvalue weighted by atomic mass is 10.2. The highest BCUT2D eigenvalue weighted by molar-refractivity contribution is 9.09. The highest BCUT2D eigenvalue weighted by atomic mass is 79.9. The summed E-state index contributed by atoms with van der Waals surface area (Å²) in [5.41, 5.74) is 0.410. The van der Waals surface area contributed by atoms with Crippen LogP contribution in [0.4, 0.5) is 0 Å². The van der Waals surface area contributed by atoms with Crippen molar-refractivity contribution in [3.63, 3.8) is 0 Å². The lowest BCUT2D eigenvalue weighted by molar-refractivity contribution is 0.0950. The van der Waals surface area contributed by atoms with Gasteiger partial charge in [-0.25, -0.2) is 0 Å². The van der Waals surface area contributed by atoms with Crippen molar-refractivity contribution in [1.29, 1.82) is 0 Å². The minimum atomic E-state index is -0.229. The van der Waals surface area contributed by atoms with E-state index < -0.39 is 0 Å². The summed E-state index contributed by atoms with van der Waals surface area (Å²) in [7, 11) is 1.60. The second-order valence-corrected chi connectivity index (χ2v) is 5.53. The smallest absolute Gasteiger partial charge is 0.252 e. The van der Waals surface area contributed by atoms with Crippen LogP contribution in [0, 0.1) is 0 Å². The first kappa shape index (κ1) is 14.8. The van der Waals surface area contributed by atoms with E-state index in [4.69, 9.17) is 27.9 Å². The summed E-state index contributed by atoms with van der Waals surface area (Å²) in [5, 5.41) is 3.60. The van der Waals surface area contributed by atoms with E-state index in [1.165, 1.54) is 0 Å². The fraction of sp³-hybridized carbons (Fsp3) is 0.364. The van der Waals surface area contributed by atoms with Gasteiger partial charge in [-0.05, 0) is 18.2 Å². The van der Waals surface area contributed by atoms with E-state index in [0.29, 0.717) is 28.8 Å². The third-order valence-electron chi connectivity index (χ3n) is 2.01.